The summed E-state index contributed by atoms with van der Waals surface area (Å²) in [7, 11) is 0. The number of anilines is 1. The average molecular weight is 488 g/mol. The van der Waals surface area contributed by atoms with Crippen molar-refractivity contribution in [2.45, 2.75) is 13.0 Å². The van der Waals surface area contributed by atoms with Gasteiger partial charge in [0.1, 0.15) is 5.76 Å². The number of fused-ring (bicyclic) bond motifs is 1. The number of Topliss-reactive ketones (excluding diaryl/α,β-unsaturated/α-hetero) is 1. The summed E-state index contributed by atoms with van der Waals surface area (Å²) >= 11 is 3.37. The molecular weight excluding hydrogens is 470 g/mol. The Morgan fingerprint density at radius 2 is 1.78 bits per heavy atom. The van der Waals surface area contributed by atoms with Gasteiger partial charge in [0.15, 0.2) is 0 Å². The van der Waals surface area contributed by atoms with Crippen LogP contribution in [-0.2, 0) is 9.59 Å². The van der Waals surface area contributed by atoms with Crippen molar-refractivity contribution in [2.24, 2.45) is 0 Å². The van der Waals surface area contributed by atoms with E-state index in [2.05, 4.69) is 25.9 Å². The lowest BCUT2D eigenvalue weighted by molar-refractivity contribution is -0.132. The first-order valence-corrected chi connectivity index (χ1v) is 10.8. The minimum Gasteiger partial charge on any atom is -0.507 e. The van der Waals surface area contributed by atoms with Crippen molar-refractivity contribution < 1.29 is 14.7 Å². The van der Waals surface area contributed by atoms with Gasteiger partial charge in [-0.05, 0) is 36.8 Å². The van der Waals surface area contributed by atoms with Gasteiger partial charge in [0.2, 0.25) is 5.95 Å². The molecule has 2 N–H and O–H groups in total. The lowest BCUT2D eigenvalue weighted by Gasteiger charge is -2.23. The normalized spacial score (nSPS) is 17.9. The Labute approximate surface area is 192 Å². The maximum Gasteiger partial charge on any atom is 0.302 e. The summed E-state index contributed by atoms with van der Waals surface area (Å²) in [5.74, 6) is -1.46. The maximum atomic E-state index is 13.2. The molecule has 6 nitrogen and oxygen atoms in total. The van der Waals surface area contributed by atoms with Crippen molar-refractivity contribution in [2.75, 3.05) is 4.90 Å². The molecule has 1 fully saturated rings. The van der Waals surface area contributed by atoms with Gasteiger partial charge >= 0.3 is 5.91 Å². The predicted octanol–water partition coefficient (Wildman–Crippen LogP) is 5.26. The highest BCUT2D eigenvalue weighted by Crippen LogP contribution is 2.41. The van der Waals surface area contributed by atoms with Crippen LogP contribution in [0.25, 0.3) is 16.8 Å². The van der Waals surface area contributed by atoms with Gasteiger partial charge in [-0.1, -0.05) is 70.0 Å². The number of aromatic nitrogens is 2. The Morgan fingerprint density at radius 1 is 1.03 bits per heavy atom. The van der Waals surface area contributed by atoms with E-state index in [-0.39, 0.29) is 17.3 Å². The number of amides is 1. The second kappa shape index (κ2) is 7.76. The van der Waals surface area contributed by atoms with Crippen LogP contribution in [0.3, 0.4) is 0 Å². The number of nitrogens with zero attached hydrogens (tertiary/aromatic N) is 2. The number of H-pyrrole nitrogens is 1. The van der Waals surface area contributed by atoms with E-state index >= 15 is 0 Å². The molecule has 7 heteroatoms. The van der Waals surface area contributed by atoms with E-state index in [9.17, 15) is 14.7 Å². The van der Waals surface area contributed by atoms with Gasteiger partial charge in [-0.15, -0.1) is 0 Å². The molecule has 1 saturated heterocycles. The fraction of sp³-hybridized carbons (Fsp3) is 0.0800. The molecule has 1 aliphatic rings. The summed E-state index contributed by atoms with van der Waals surface area (Å²) in [4.78, 5) is 35.4. The summed E-state index contributed by atoms with van der Waals surface area (Å²) in [5.41, 5.74) is 3.60. The lowest BCUT2D eigenvalue weighted by atomic mass is 9.94. The maximum absolute atomic E-state index is 13.2. The molecule has 0 spiro atoms. The summed E-state index contributed by atoms with van der Waals surface area (Å²) in [6.07, 6.45) is 0. The average Bonchev–Trinajstić information content (AvgIpc) is 3.32. The molecule has 5 rings (SSSR count). The molecule has 158 valence electrons. The number of para-hydroxylation sites is 2. The monoisotopic (exact) mass is 487 g/mol. The van der Waals surface area contributed by atoms with Gasteiger partial charge < -0.3 is 10.1 Å². The quantitative estimate of drug-likeness (QED) is 0.234. The second-order valence-electron chi connectivity index (χ2n) is 7.67. The van der Waals surface area contributed by atoms with E-state index in [0.717, 1.165) is 15.6 Å². The number of imidazole rings is 1. The summed E-state index contributed by atoms with van der Waals surface area (Å²) in [5, 5.41) is 11.1. The summed E-state index contributed by atoms with van der Waals surface area (Å²) < 4.78 is 0.840. The van der Waals surface area contributed by atoms with Crippen LogP contribution in [-0.4, -0.2) is 26.8 Å². The first kappa shape index (κ1) is 20.2. The number of aromatic amines is 1. The number of benzene rings is 3. The van der Waals surface area contributed by atoms with Crippen molar-refractivity contribution in [1.29, 1.82) is 0 Å². The molecule has 1 aliphatic heterocycles. The predicted molar refractivity (Wildman–Crippen MR) is 126 cm³/mol. The standard InChI is InChI=1S/C25H18BrN3O3/c1-14-5-4-6-16(13-14)21-20(22(30)15-9-11-17(26)12-10-15)23(31)24(32)29(21)25-27-18-7-2-3-8-19(18)28-25/h2-13,21,30H,1H3,(H,27,28)/b22-20+. The highest BCUT2D eigenvalue weighted by Gasteiger charge is 2.48. The molecule has 0 radical (unpaired) electrons. The topological polar surface area (TPSA) is 86.3 Å². The fourth-order valence-corrected chi connectivity index (χ4v) is 4.29. The van der Waals surface area contributed by atoms with E-state index in [0.29, 0.717) is 16.6 Å². The van der Waals surface area contributed by atoms with E-state index in [4.69, 9.17) is 0 Å². The number of aliphatic hydroxyl groups excluding tert-OH is 1. The number of ketones is 1. The van der Waals surface area contributed by atoms with Gasteiger partial charge in [-0.25, -0.2) is 4.98 Å². The SMILES string of the molecule is Cc1cccc(C2/C(=C(\O)c3ccc(Br)cc3)C(=O)C(=O)N2c2nc3ccccc3[nH]2)c1. The fourth-order valence-electron chi connectivity index (χ4n) is 4.02. The number of hydrogen-bond acceptors (Lipinski definition) is 4. The Kier molecular flexibility index (Phi) is 4.90. The molecule has 0 bridgehead atoms. The highest BCUT2D eigenvalue weighted by atomic mass is 79.9. The Bertz CT molecular complexity index is 1370. The van der Waals surface area contributed by atoms with Crippen molar-refractivity contribution in [3.63, 3.8) is 0 Å². The third-order valence-corrected chi connectivity index (χ3v) is 6.05. The molecule has 1 aromatic heterocycles. The molecule has 3 aromatic carbocycles. The minimum atomic E-state index is -0.820. The zero-order chi connectivity index (χ0) is 22.4. The molecule has 1 amide bonds. The second-order valence-corrected chi connectivity index (χ2v) is 8.58. The van der Waals surface area contributed by atoms with E-state index < -0.39 is 17.7 Å². The van der Waals surface area contributed by atoms with Crippen molar-refractivity contribution >= 4 is 50.4 Å². The third-order valence-electron chi connectivity index (χ3n) is 5.53. The number of rotatable bonds is 3. The molecule has 0 saturated carbocycles. The van der Waals surface area contributed by atoms with Crippen LogP contribution in [0.1, 0.15) is 22.7 Å². The molecule has 2 heterocycles. The van der Waals surface area contributed by atoms with Gasteiger partial charge in [0.25, 0.3) is 5.78 Å². The van der Waals surface area contributed by atoms with Gasteiger partial charge in [-0.3, -0.25) is 14.5 Å². The molecule has 1 unspecified atom stereocenters. The smallest absolute Gasteiger partial charge is 0.302 e. The van der Waals surface area contributed by atoms with Gasteiger partial charge in [-0.2, -0.15) is 0 Å². The zero-order valence-electron chi connectivity index (χ0n) is 17.0. The number of nitrogens with one attached hydrogen (secondary N) is 1. The van der Waals surface area contributed by atoms with Gasteiger partial charge in [0.05, 0.1) is 22.6 Å². The number of halogens is 1. The highest BCUT2D eigenvalue weighted by molar-refractivity contribution is 9.10. The summed E-state index contributed by atoms with van der Waals surface area (Å²) in [6, 6.07) is 21.1. The first-order chi connectivity index (χ1) is 15.4. The van der Waals surface area contributed by atoms with Crippen LogP contribution in [0.5, 0.6) is 0 Å². The van der Waals surface area contributed by atoms with Crippen LogP contribution in [0.4, 0.5) is 5.95 Å². The van der Waals surface area contributed by atoms with Crippen LogP contribution in [0.15, 0.2) is 82.8 Å². The minimum absolute atomic E-state index is 0.0309. The number of aliphatic hydroxyl groups is 1. The van der Waals surface area contributed by atoms with Crippen LogP contribution in [0, 0.1) is 6.92 Å². The summed E-state index contributed by atoms with van der Waals surface area (Å²) in [6.45, 7) is 1.94. The Balaban J connectivity index is 1.74. The lowest BCUT2D eigenvalue weighted by Crippen LogP contribution is -2.30. The number of hydrogen-bond donors (Lipinski definition) is 2. The molecule has 32 heavy (non-hydrogen) atoms. The molecule has 0 aliphatic carbocycles. The molecule has 4 aromatic rings. The van der Waals surface area contributed by atoms with Gasteiger partial charge in [0, 0.05) is 10.0 Å². The number of aryl methyl sites for hydroxylation is 1. The Hall–Kier alpha value is -3.71. The van der Waals surface area contributed by atoms with E-state index in [1.165, 1.54) is 4.90 Å². The largest absolute Gasteiger partial charge is 0.507 e. The zero-order valence-corrected chi connectivity index (χ0v) is 18.6. The van der Waals surface area contributed by atoms with Crippen molar-refractivity contribution in [3.05, 3.63) is 99.5 Å². The molecular formula is C25H18BrN3O3. The Morgan fingerprint density at radius 3 is 2.50 bits per heavy atom. The molecule has 1 atom stereocenters. The first-order valence-electron chi connectivity index (χ1n) is 10.0. The number of carbonyl (C=O) groups excluding carboxylic acids is 2. The number of carbonyl (C=O) groups is 2. The van der Waals surface area contributed by atoms with Crippen LogP contribution >= 0.6 is 15.9 Å². The van der Waals surface area contributed by atoms with Crippen molar-refractivity contribution in [1.82, 2.24) is 9.97 Å². The van der Waals surface area contributed by atoms with E-state index in [1.807, 2.05) is 55.5 Å². The van der Waals surface area contributed by atoms with Crippen molar-refractivity contribution in [3.8, 4) is 0 Å². The van der Waals surface area contributed by atoms with E-state index in [1.54, 1.807) is 24.3 Å². The van der Waals surface area contributed by atoms with Crippen LogP contribution in [0.2, 0.25) is 0 Å². The third kappa shape index (κ3) is 3.31. The van der Waals surface area contributed by atoms with Crippen LogP contribution < -0.4 is 4.90 Å².